The van der Waals surface area contributed by atoms with Gasteiger partial charge in [0.2, 0.25) is 10.0 Å². The molecule has 0 unspecified atom stereocenters. The minimum Gasteiger partial charge on any atom is -0.493 e. The Labute approximate surface area is 196 Å². The third-order valence-electron chi connectivity index (χ3n) is 5.14. The van der Waals surface area contributed by atoms with Crippen molar-refractivity contribution in [2.75, 3.05) is 25.2 Å². The average molecular weight is 486 g/mol. The van der Waals surface area contributed by atoms with Crippen LogP contribution in [0.1, 0.15) is 33.3 Å². The van der Waals surface area contributed by atoms with E-state index in [1.807, 2.05) is 29.6 Å². The number of methoxy groups -OCH3 is 2. The molecule has 0 radical (unpaired) electrons. The maximum absolute atomic E-state index is 13.3. The van der Waals surface area contributed by atoms with Gasteiger partial charge >= 0.3 is 0 Å². The van der Waals surface area contributed by atoms with Crippen molar-refractivity contribution in [1.29, 1.82) is 0 Å². The van der Waals surface area contributed by atoms with Crippen molar-refractivity contribution in [2.45, 2.75) is 12.5 Å². The standard InChI is InChI=1S/C23H23N3O5S2/c1-30-20-10-9-16(13-21(20)31-2)19-14-18(24-26(19)23(27)22-8-5-11-32-22)15-6-4-7-17(12-15)25-33(3,28)29/h4-13,19,25H,14H2,1-3H3/t19-/m1/s1. The second-order valence-electron chi connectivity index (χ2n) is 7.46. The van der Waals surface area contributed by atoms with Crippen molar-refractivity contribution in [2.24, 2.45) is 5.10 Å². The van der Waals surface area contributed by atoms with Crippen LogP contribution in [0.5, 0.6) is 11.5 Å². The molecule has 0 bridgehead atoms. The molecule has 2 aromatic carbocycles. The number of hydrogen-bond donors (Lipinski definition) is 1. The van der Waals surface area contributed by atoms with Gasteiger partial charge in [-0.15, -0.1) is 11.3 Å². The highest BCUT2D eigenvalue weighted by atomic mass is 32.2. The second-order valence-corrected chi connectivity index (χ2v) is 10.2. The highest BCUT2D eigenvalue weighted by Crippen LogP contribution is 2.38. The predicted molar refractivity (Wildman–Crippen MR) is 129 cm³/mol. The second kappa shape index (κ2) is 9.24. The average Bonchev–Trinajstić information content (AvgIpc) is 3.48. The number of nitrogens with zero attached hydrogens (tertiary/aromatic N) is 2. The molecule has 172 valence electrons. The van der Waals surface area contributed by atoms with E-state index in [-0.39, 0.29) is 11.9 Å². The van der Waals surface area contributed by atoms with Gasteiger partial charge in [0, 0.05) is 12.1 Å². The molecule has 3 aromatic rings. The number of benzene rings is 2. The molecule has 8 nitrogen and oxygen atoms in total. The van der Waals surface area contributed by atoms with Crippen LogP contribution in [0.15, 0.2) is 65.1 Å². The number of ether oxygens (including phenoxy) is 2. The van der Waals surface area contributed by atoms with Gasteiger partial charge in [-0.2, -0.15) is 5.10 Å². The van der Waals surface area contributed by atoms with Crippen LogP contribution in [0.25, 0.3) is 0 Å². The lowest BCUT2D eigenvalue weighted by atomic mass is 9.97. The molecule has 33 heavy (non-hydrogen) atoms. The van der Waals surface area contributed by atoms with Crippen molar-refractivity contribution in [3.63, 3.8) is 0 Å². The number of carbonyl (C=O) groups excluding carboxylic acids is 1. The van der Waals surface area contributed by atoms with Crippen molar-refractivity contribution in [1.82, 2.24) is 5.01 Å². The van der Waals surface area contributed by atoms with E-state index < -0.39 is 10.0 Å². The lowest BCUT2D eigenvalue weighted by molar-refractivity contribution is 0.0716. The summed E-state index contributed by atoms with van der Waals surface area (Å²) >= 11 is 1.35. The number of carbonyl (C=O) groups is 1. The summed E-state index contributed by atoms with van der Waals surface area (Å²) < 4.78 is 36.6. The van der Waals surface area contributed by atoms with Gasteiger partial charge in [-0.3, -0.25) is 9.52 Å². The van der Waals surface area contributed by atoms with Gasteiger partial charge in [-0.05, 0) is 46.8 Å². The van der Waals surface area contributed by atoms with E-state index >= 15 is 0 Å². The Kier molecular flexibility index (Phi) is 6.39. The molecule has 2 heterocycles. The van der Waals surface area contributed by atoms with Gasteiger partial charge in [-0.1, -0.05) is 24.3 Å². The molecule has 0 spiro atoms. The first-order chi connectivity index (χ1) is 15.8. The van der Waals surface area contributed by atoms with E-state index in [1.165, 1.54) is 16.3 Å². The zero-order valence-corrected chi connectivity index (χ0v) is 19.9. The summed E-state index contributed by atoms with van der Waals surface area (Å²) in [4.78, 5) is 13.9. The van der Waals surface area contributed by atoms with Crippen LogP contribution >= 0.6 is 11.3 Å². The van der Waals surface area contributed by atoms with Gasteiger partial charge in [0.1, 0.15) is 0 Å². The largest absolute Gasteiger partial charge is 0.493 e. The molecule has 1 N–H and O–H groups in total. The maximum atomic E-state index is 13.3. The van der Waals surface area contributed by atoms with Crippen LogP contribution in [0.2, 0.25) is 0 Å². The highest BCUT2D eigenvalue weighted by Gasteiger charge is 2.34. The Bertz CT molecular complexity index is 1300. The lowest BCUT2D eigenvalue weighted by Crippen LogP contribution is -2.26. The van der Waals surface area contributed by atoms with Gasteiger partial charge in [-0.25, -0.2) is 13.4 Å². The van der Waals surface area contributed by atoms with Gasteiger partial charge in [0.05, 0.1) is 37.1 Å². The van der Waals surface area contributed by atoms with E-state index in [0.29, 0.717) is 34.2 Å². The van der Waals surface area contributed by atoms with Crippen molar-refractivity contribution < 1.29 is 22.7 Å². The normalized spacial score (nSPS) is 15.8. The quantitative estimate of drug-likeness (QED) is 0.543. The van der Waals surface area contributed by atoms with Gasteiger partial charge in [0.25, 0.3) is 5.91 Å². The lowest BCUT2D eigenvalue weighted by Gasteiger charge is -2.22. The minimum absolute atomic E-state index is 0.204. The molecule has 1 amide bonds. The predicted octanol–water partition coefficient (Wildman–Crippen LogP) is 4.13. The molecular formula is C23H23N3O5S2. The summed E-state index contributed by atoms with van der Waals surface area (Å²) in [6, 6.07) is 15.7. The summed E-state index contributed by atoms with van der Waals surface area (Å²) in [6.07, 6.45) is 1.55. The summed E-state index contributed by atoms with van der Waals surface area (Å²) in [6.45, 7) is 0. The monoisotopic (exact) mass is 485 g/mol. The van der Waals surface area contributed by atoms with E-state index in [1.54, 1.807) is 44.6 Å². The maximum Gasteiger partial charge on any atom is 0.284 e. The minimum atomic E-state index is -3.42. The number of rotatable bonds is 7. The van der Waals surface area contributed by atoms with E-state index in [9.17, 15) is 13.2 Å². The fourth-order valence-corrected chi connectivity index (χ4v) is 4.89. The number of sulfonamides is 1. The molecule has 10 heteroatoms. The third kappa shape index (κ3) is 5.01. The number of thiophene rings is 1. The number of amides is 1. The van der Waals surface area contributed by atoms with Crippen LogP contribution < -0.4 is 14.2 Å². The zero-order chi connectivity index (χ0) is 23.6. The Morgan fingerprint density at radius 1 is 1.09 bits per heavy atom. The highest BCUT2D eigenvalue weighted by molar-refractivity contribution is 7.92. The van der Waals surface area contributed by atoms with Crippen LogP contribution in [0.4, 0.5) is 5.69 Å². The molecule has 1 aliphatic heterocycles. The molecular weight excluding hydrogens is 462 g/mol. The summed E-state index contributed by atoms with van der Waals surface area (Å²) in [5.74, 6) is 0.951. The molecule has 4 rings (SSSR count). The molecule has 1 aliphatic rings. The summed E-state index contributed by atoms with van der Waals surface area (Å²) in [7, 11) is -0.288. The van der Waals surface area contributed by atoms with E-state index in [2.05, 4.69) is 9.82 Å². The number of nitrogens with one attached hydrogen (secondary N) is 1. The molecule has 0 fully saturated rings. The van der Waals surface area contributed by atoms with E-state index in [0.717, 1.165) is 17.4 Å². The molecule has 0 saturated carbocycles. The third-order valence-corrected chi connectivity index (χ3v) is 6.61. The first-order valence-corrected chi connectivity index (χ1v) is 12.8. The van der Waals surface area contributed by atoms with Crippen molar-refractivity contribution in [3.05, 3.63) is 76.0 Å². The van der Waals surface area contributed by atoms with Crippen LogP contribution in [0.3, 0.4) is 0 Å². The Balaban J connectivity index is 1.73. The first-order valence-electron chi connectivity index (χ1n) is 10.0. The Hall–Kier alpha value is -3.37. The Morgan fingerprint density at radius 3 is 2.55 bits per heavy atom. The van der Waals surface area contributed by atoms with Gasteiger partial charge in [0.15, 0.2) is 11.5 Å². The number of anilines is 1. The van der Waals surface area contributed by atoms with Crippen LogP contribution in [0, 0.1) is 0 Å². The number of hydrazone groups is 1. The van der Waals surface area contributed by atoms with Crippen LogP contribution in [-0.4, -0.2) is 45.5 Å². The topological polar surface area (TPSA) is 97.3 Å². The fourth-order valence-electron chi connectivity index (χ4n) is 3.68. The molecule has 1 atom stereocenters. The van der Waals surface area contributed by atoms with Crippen molar-refractivity contribution in [3.8, 4) is 11.5 Å². The number of hydrogen-bond acceptors (Lipinski definition) is 7. The van der Waals surface area contributed by atoms with Crippen LogP contribution in [-0.2, 0) is 10.0 Å². The SMILES string of the molecule is COc1ccc([C@H]2CC(c3cccc(NS(C)(=O)=O)c3)=NN2C(=O)c2cccs2)cc1OC. The zero-order valence-electron chi connectivity index (χ0n) is 18.3. The van der Waals surface area contributed by atoms with E-state index in [4.69, 9.17) is 9.47 Å². The molecule has 1 aromatic heterocycles. The first kappa shape index (κ1) is 22.8. The fraction of sp³-hybridized carbons (Fsp3) is 0.217. The smallest absolute Gasteiger partial charge is 0.284 e. The molecule has 0 saturated heterocycles. The van der Waals surface area contributed by atoms with Crippen molar-refractivity contribution >= 4 is 38.7 Å². The summed E-state index contributed by atoms with van der Waals surface area (Å²) in [5, 5.41) is 8.00. The summed E-state index contributed by atoms with van der Waals surface area (Å²) in [5.41, 5.74) is 2.69. The molecule has 0 aliphatic carbocycles. The van der Waals surface area contributed by atoms with Gasteiger partial charge < -0.3 is 9.47 Å². The Morgan fingerprint density at radius 2 is 1.88 bits per heavy atom.